The number of hydrogen-bond donors (Lipinski definition) is 1. The van der Waals surface area contributed by atoms with Gasteiger partial charge in [0.25, 0.3) is 0 Å². The Morgan fingerprint density at radius 1 is 1.11 bits per heavy atom. The predicted octanol–water partition coefficient (Wildman–Crippen LogP) is 1.43. The summed E-state index contributed by atoms with van der Waals surface area (Å²) in [6, 6.07) is 3.88. The van der Waals surface area contributed by atoms with Gasteiger partial charge in [0, 0.05) is 37.9 Å². The second-order valence-electron chi connectivity index (χ2n) is 3.99. The van der Waals surface area contributed by atoms with Crippen LogP contribution in [0, 0.1) is 0 Å². The largest absolute Gasteiger partial charge is 0.368 e. The van der Waals surface area contributed by atoms with E-state index in [-0.39, 0.29) is 0 Å². The lowest BCUT2D eigenvalue weighted by molar-refractivity contribution is 0.591. The molecule has 3 aromatic rings. The maximum absolute atomic E-state index is 4.32. The predicted molar refractivity (Wildman–Crippen MR) is 68.3 cm³/mol. The summed E-state index contributed by atoms with van der Waals surface area (Å²) in [6.45, 7) is 1.76. The molecule has 18 heavy (non-hydrogen) atoms. The zero-order valence-electron chi connectivity index (χ0n) is 9.90. The molecule has 0 amide bonds. The monoisotopic (exact) mass is 242 g/mol. The fourth-order valence-corrected chi connectivity index (χ4v) is 1.87. The van der Waals surface area contributed by atoms with Gasteiger partial charge in [0.15, 0.2) is 5.82 Å². The summed E-state index contributed by atoms with van der Waals surface area (Å²) in [6.07, 6.45) is 10.1. The first-order chi connectivity index (χ1) is 8.93. The number of aryl methyl sites for hydroxylation is 1. The summed E-state index contributed by atoms with van der Waals surface area (Å²) < 4.78 is 3.73. The lowest BCUT2D eigenvalue weighted by Crippen LogP contribution is -2.08. The van der Waals surface area contributed by atoms with Crippen molar-refractivity contribution in [2.75, 3.05) is 11.9 Å². The fraction of sp³-hybridized carbons (Fsp3) is 0.250. The van der Waals surface area contributed by atoms with E-state index in [4.69, 9.17) is 0 Å². The van der Waals surface area contributed by atoms with E-state index in [2.05, 4.69) is 20.5 Å². The van der Waals surface area contributed by atoms with E-state index in [0.29, 0.717) is 0 Å². The summed E-state index contributed by atoms with van der Waals surface area (Å²) in [5, 5.41) is 11.7. The van der Waals surface area contributed by atoms with Gasteiger partial charge in [-0.2, -0.15) is 10.2 Å². The number of anilines is 1. The van der Waals surface area contributed by atoms with Crippen LogP contribution in [0.2, 0.25) is 0 Å². The average Bonchev–Trinajstić information content (AvgIpc) is 3.05. The van der Waals surface area contributed by atoms with Crippen LogP contribution in [0.3, 0.4) is 0 Å². The van der Waals surface area contributed by atoms with E-state index >= 15 is 0 Å². The quantitative estimate of drug-likeness (QED) is 0.687. The Morgan fingerprint density at radius 3 is 3.00 bits per heavy atom. The van der Waals surface area contributed by atoms with Crippen LogP contribution in [-0.4, -0.2) is 30.9 Å². The highest BCUT2D eigenvalue weighted by Gasteiger charge is 2.01. The van der Waals surface area contributed by atoms with Crippen molar-refractivity contribution >= 4 is 11.3 Å². The zero-order valence-corrected chi connectivity index (χ0v) is 9.90. The van der Waals surface area contributed by atoms with Crippen molar-refractivity contribution in [3.8, 4) is 0 Å². The normalized spacial score (nSPS) is 10.9. The zero-order chi connectivity index (χ0) is 12.2. The first-order valence-corrected chi connectivity index (χ1v) is 5.93. The van der Waals surface area contributed by atoms with Crippen LogP contribution in [0.1, 0.15) is 6.42 Å². The molecule has 1 N–H and O–H groups in total. The number of rotatable bonds is 5. The number of nitrogens with one attached hydrogen (secondary N) is 1. The standard InChI is InChI=1S/C12H14N6/c1(8-17-9-2-5-15-17)4-13-12-11-3-6-16-18(11)10-7-14-12/h2-3,5-7,9-10H,1,4,8H2,(H,13,14). The lowest BCUT2D eigenvalue weighted by atomic mass is 10.4. The van der Waals surface area contributed by atoms with Crippen LogP contribution in [-0.2, 0) is 6.54 Å². The number of aromatic nitrogens is 5. The third-order valence-electron chi connectivity index (χ3n) is 2.74. The third-order valence-corrected chi connectivity index (χ3v) is 2.74. The Labute approximate surface area is 104 Å². The molecule has 3 heterocycles. The van der Waals surface area contributed by atoms with Crippen LogP contribution in [0.4, 0.5) is 5.82 Å². The number of hydrogen-bond acceptors (Lipinski definition) is 4. The summed E-state index contributed by atoms with van der Waals surface area (Å²) in [4.78, 5) is 4.32. The van der Waals surface area contributed by atoms with Gasteiger partial charge in [0.1, 0.15) is 5.52 Å². The molecular formula is C12H14N6. The molecule has 6 nitrogen and oxygen atoms in total. The van der Waals surface area contributed by atoms with E-state index in [1.165, 1.54) is 0 Å². The highest BCUT2D eigenvalue weighted by molar-refractivity contribution is 5.66. The van der Waals surface area contributed by atoms with Crippen molar-refractivity contribution in [2.45, 2.75) is 13.0 Å². The first-order valence-electron chi connectivity index (χ1n) is 5.93. The van der Waals surface area contributed by atoms with E-state index in [1.54, 1.807) is 18.6 Å². The smallest absolute Gasteiger partial charge is 0.152 e. The molecule has 0 aliphatic heterocycles. The van der Waals surface area contributed by atoms with Crippen molar-refractivity contribution in [3.05, 3.63) is 43.1 Å². The minimum atomic E-state index is 0.859. The molecule has 0 saturated heterocycles. The number of fused-ring (bicyclic) bond motifs is 1. The molecule has 0 aliphatic rings. The minimum absolute atomic E-state index is 0.859. The van der Waals surface area contributed by atoms with E-state index in [1.807, 2.05) is 33.7 Å². The van der Waals surface area contributed by atoms with Crippen LogP contribution in [0.15, 0.2) is 43.1 Å². The summed E-state index contributed by atoms with van der Waals surface area (Å²) in [5.74, 6) is 0.871. The molecule has 0 fully saturated rings. The fourth-order valence-electron chi connectivity index (χ4n) is 1.87. The Bertz CT molecular complexity index is 612. The van der Waals surface area contributed by atoms with Crippen molar-refractivity contribution in [1.82, 2.24) is 24.4 Å². The summed E-state index contributed by atoms with van der Waals surface area (Å²) in [7, 11) is 0. The van der Waals surface area contributed by atoms with Crippen LogP contribution in [0.5, 0.6) is 0 Å². The molecule has 0 aromatic carbocycles. The molecule has 0 aliphatic carbocycles. The molecule has 0 unspecified atom stereocenters. The molecule has 3 aromatic heterocycles. The Morgan fingerprint density at radius 2 is 2.11 bits per heavy atom. The van der Waals surface area contributed by atoms with Gasteiger partial charge in [-0.1, -0.05) is 0 Å². The van der Waals surface area contributed by atoms with Gasteiger partial charge in [-0.05, 0) is 18.6 Å². The molecule has 0 spiro atoms. The van der Waals surface area contributed by atoms with E-state index in [0.717, 1.165) is 30.8 Å². The van der Waals surface area contributed by atoms with Gasteiger partial charge in [-0.3, -0.25) is 4.68 Å². The third kappa shape index (κ3) is 2.17. The lowest BCUT2D eigenvalue weighted by Gasteiger charge is -2.06. The summed E-state index contributed by atoms with van der Waals surface area (Å²) >= 11 is 0. The second-order valence-corrected chi connectivity index (χ2v) is 3.99. The molecule has 0 bridgehead atoms. The molecule has 0 atom stereocenters. The Balaban J connectivity index is 1.58. The van der Waals surface area contributed by atoms with Crippen LogP contribution in [0.25, 0.3) is 5.52 Å². The van der Waals surface area contributed by atoms with Gasteiger partial charge in [0.2, 0.25) is 0 Å². The van der Waals surface area contributed by atoms with Crippen LogP contribution < -0.4 is 5.32 Å². The highest BCUT2D eigenvalue weighted by Crippen LogP contribution is 2.11. The minimum Gasteiger partial charge on any atom is -0.368 e. The van der Waals surface area contributed by atoms with Gasteiger partial charge in [0.05, 0.1) is 6.20 Å². The van der Waals surface area contributed by atoms with Crippen molar-refractivity contribution < 1.29 is 0 Å². The van der Waals surface area contributed by atoms with Gasteiger partial charge in [-0.25, -0.2) is 9.50 Å². The molecule has 3 rings (SSSR count). The topological polar surface area (TPSA) is 60.0 Å². The molecular weight excluding hydrogens is 228 g/mol. The Kier molecular flexibility index (Phi) is 2.91. The molecule has 6 heteroatoms. The first kappa shape index (κ1) is 10.8. The SMILES string of the molecule is c1cnn(CCCNc2nccn3nccc23)c1. The van der Waals surface area contributed by atoms with E-state index < -0.39 is 0 Å². The Hall–Kier alpha value is -2.37. The van der Waals surface area contributed by atoms with E-state index in [9.17, 15) is 0 Å². The maximum atomic E-state index is 4.32. The highest BCUT2D eigenvalue weighted by atomic mass is 15.3. The molecule has 0 radical (unpaired) electrons. The van der Waals surface area contributed by atoms with Crippen LogP contribution >= 0.6 is 0 Å². The van der Waals surface area contributed by atoms with Gasteiger partial charge >= 0.3 is 0 Å². The molecule has 92 valence electrons. The van der Waals surface area contributed by atoms with Gasteiger partial charge in [-0.15, -0.1) is 0 Å². The van der Waals surface area contributed by atoms with Crippen molar-refractivity contribution in [2.24, 2.45) is 0 Å². The van der Waals surface area contributed by atoms with Crippen molar-refractivity contribution in [1.29, 1.82) is 0 Å². The maximum Gasteiger partial charge on any atom is 0.152 e. The van der Waals surface area contributed by atoms with Crippen molar-refractivity contribution in [3.63, 3.8) is 0 Å². The molecule has 0 saturated carbocycles. The number of nitrogens with zero attached hydrogens (tertiary/aromatic N) is 5. The average molecular weight is 242 g/mol. The summed E-state index contributed by atoms with van der Waals surface area (Å²) in [5.41, 5.74) is 0.997. The second kappa shape index (κ2) is 4.87. The van der Waals surface area contributed by atoms with Gasteiger partial charge < -0.3 is 5.32 Å².